The summed E-state index contributed by atoms with van der Waals surface area (Å²) < 4.78 is 0. The van der Waals surface area contributed by atoms with Crippen LogP contribution in [0.25, 0.3) is 21.6 Å². The maximum Gasteiger partial charge on any atom is 0.232 e. The fourth-order valence-corrected chi connectivity index (χ4v) is 3.51. The highest BCUT2D eigenvalue weighted by Crippen LogP contribution is 2.28. The summed E-state index contributed by atoms with van der Waals surface area (Å²) in [4.78, 5) is 42.5. The van der Waals surface area contributed by atoms with Crippen LogP contribution in [0.1, 0.15) is 32.2 Å². The molecule has 3 aromatic heterocycles. The molecule has 118 valence electrons. The number of fused-ring (bicyclic) bond motifs is 3. The molecule has 25 heavy (non-hydrogen) atoms. The molecule has 0 bridgehead atoms. The second-order valence-corrected chi connectivity index (χ2v) is 6.41. The number of aromatic nitrogens is 4. The van der Waals surface area contributed by atoms with Gasteiger partial charge in [-0.2, -0.15) is 0 Å². The van der Waals surface area contributed by atoms with Gasteiger partial charge in [-0.15, -0.1) is 11.3 Å². The molecule has 1 aromatic carbocycles. The SMILES string of the molecule is O=C1c2cccnc2C(=O)c2nc3cc(-c4nccs4)ccc3nc21. The molecular weight excluding hydrogens is 336 g/mol. The molecule has 5 rings (SSSR count). The van der Waals surface area contributed by atoms with Crippen LogP contribution in [-0.2, 0) is 0 Å². The first-order chi connectivity index (χ1) is 12.2. The molecule has 0 radical (unpaired) electrons. The van der Waals surface area contributed by atoms with Crippen molar-refractivity contribution in [1.82, 2.24) is 19.9 Å². The van der Waals surface area contributed by atoms with E-state index in [2.05, 4.69) is 19.9 Å². The first kappa shape index (κ1) is 14.1. The van der Waals surface area contributed by atoms with E-state index in [1.807, 2.05) is 17.5 Å². The average Bonchev–Trinajstić information content (AvgIpc) is 3.19. The van der Waals surface area contributed by atoms with Gasteiger partial charge in [0.2, 0.25) is 11.6 Å². The topological polar surface area (TPSA) is 85.7 Å². The summed E-state index contributed by atoms with van der Waals surface area (Å²) in [5.74, 6) is -0.699. The Morgan fingerprint density at radius 1 is 0.800 bits per heavy atom. The van der Waals surface area contributed by atoms with Crippen LogP contribution < -0.4 is 0 Å². The molecule has 0 atom stereocenters. The Bertz CT molecular complexity index is 1190. The second kappa shape index (κ2) is 5.09. The third-order valence-electron chi connectivity index (χ3n) is 4.04. The second-order valence-electron chi connectivity index (χ2n) is 5.52. The van der Waals surface area contributed by atoms with Gasteiger partial charge in [-0.25, -0.2) is 15.0 Å². The zero-order chi connectivity index (χ0) is 17.0. The van der Waals surface area contributed by atoms with E-state index in [1.54, 1.807) is 24.4 Å². The number of carbonyl (C=O) groups excluding carboxylic acids is 2. The van der Waals surface area contributed by atoms with Gasteiger partial charge in [-0.1, -0.05) is 0 Å². The van der Waals surface area contributed by atoms with E-state index in [0.717, 1.165) is 10.6 Å². The minimum atomic E-state index is -0.376. The van der Waals surface area contributed by atoms with E-state index in [-0.39, 0.29) is 34.2 Å². The summed E-state index contributed by atoms with van der Waals surface area (Å²) in [5, 5.41) is 2.75. The van der Waals surface area contributed by atoms with Gasteiger partial charge < -0.3 is 0 Å². The molecule has 3 heterocycles. The van der Waals surface area contributed by atoms with Gasteiger partial charge in [0.05, 0.1) is 16.6 Å². The average molecular weight is 344 g/mol. The first-order valence-electron chi connectivity index (χ1n) is 7.48. The standard InChI is InChI=1S/C18H8N4O2S/c23-16-10-2-1-5-19-13(10)17(24)15-14(16)21-11-4-3-9(8-12(11)22-15)18-20-6-7-25-18/h1-8H. The van der Waals surface area contributed by atoms with Crippen molar-refractivity contribution >= 4 is 33.9 Å². The molecule has 1 aliphatic carbocycles. The molecule has 0 saturated heterocycles. The van der Waals surface area contributed by atoms with Crippen molar-refractivity contribution in [3.63, 3.8) is 0 Å². The van der Waals surface area contributed by atoms with Crippen molar-refractivity contribution in [3.05, 3.63) is 70.8 Å². The lowest BCUT2D eigenvalue weighted by atomic mass is 9.93. The first-order valence-corrected chi connectivity index (χ1v) is 8.36. The molecule has 4 aromatic rings. The summed E-state index contributed by atoms with van der Waals surface area (Å²) >= 11 is 1.51. The zero-order valence-electron chi connectivity index (χ0n) is 12.6. The minimum absolute atomic E-state index is 0.0555. The van der Waals surface area contributed by atoms with Crippen LogP contribution in [0.15, 0.2) is 48.1 Å². The van der Waals surface area contributed by atoms with Crippen molar-refractivity contribution in [2.24, 2.45) is 0 Å². The highest BCUT2D eigenvalue weighted by Gasteiger charge is 2.33. The van der Waals surface area contributed by atoms with Gasteiger partial charge in [-0.05, 0) is 30.3 Å². The predicted molar refractivity (Wildman–Crippen MR) is 91.7 cm³/mol. The van der Waals surface area contributed by atoms with Gasteiger partial charge in [-0.3, -0.25) is 14.6 Å². The molecule has 0 amide bonds. The highest BCUT2D eigenvalue weighted by atomic mass is 32.1. The van der Waals surface area contributed by atoms with Gasteiger partial charge in [0.15, 0.2) is 0 Å². The molecule has 6 nitrogen and oxygen atoms in total. The number of pyridine rings is 1. The maximum absolute atomic E-state index is 12.7. The molecular formula is C18H8N4O2S. The third kappa shape index (κ3) is 2.03. The Balaban J connectivity index is 1.75. The highest BCUT2D eigenvalue weighted by molar-refractivity contribution is 7.13. The lowest BCUT2D eigenvalue weighted by Crippen LogP contribution is -2.25. The summed E-state index contributed by atoms with van der Waals surface area (Å²) in [7, 11) is 0. The van der Waals surface area contributed by atoms with Crippen LogP contribution in [0.2, 0.25) is 0 Å². The summed E-state index contributed by atoms with van der Waals surface area (Å²) in [6, 6.07) is 8.71. The number of benzene rings is 1. The number of nitrogens with zero attached hydrogens (tertiary/aromatic N) is 4. The lowest BCUT2D eigenvalue weighted by molar-refractivity contribution is 0.0968. The molecule has 0 saturated carbocycles. The fraction of sp³-hybridized carbons (Fsp3) is 0. The van der Waals surface area contributed by atoms with Crippen LogP contribution in [-0.4, -0.2) is 31.5 Å². The monoisotopic (exact) mass is 344 g/mol. The molecule has 7 heteroatoms. The van der Waals surface area contributed by atoms with E-state index in [1.165, 1.54) is 17.5 Å². The van der Waals surface area contributed by atoms with E-state index in [9.17, 15) is 9.59 Å². The molecule has 0 fully saturated rings. The minimum Gasteiger partial charge on any atom is -0.287 e. The number of ketones is 2. The van der Waals surface area contributed by atoms with Crippen molar-refractivity contribution in [1.29, 1.82) is 0 Å². The van der Waals surface area contributed by atoms with E-state index < -0.39 is 0 Å². The van der Waals surface area contributed by atoms with Gasteiger partial charge in [0.1, 0.15) is 22.1 Å². The van der Waals surface area contributed by atoms with Crippen LogP contribution >= 0.6 is 11.3 Å². The number of hydrogen-bond donors (Lipinski definition) is 0. The number of thiazole rings is 1. The van der Waals surface area contributed by atoms with Crippen LogP contribution in [0, 0.1) is 0 Å². The predicted octanol–water partition coefficient (Wildman–Crippen LogP) is 2.92. The van der Waals surface area contributed by atoms with E-state index in [4.69, 9.17) is 0 Å². The zero-order valence-corrected chi connectivity index (χ0v) is 13.4. The van der Waals surface area contributed by atoms with Gasteiger partial charge >= 0.3 is 0 Å². The Morgan fingerprint density at radius 2 is 1.64 bits per heavy atom. The third-order valence-corrected chi connectivity index (χ3v) is 4.86. The quantitative estimate of drug-likeness (QED) is 0.465. The molecule has 0 aliphatic heterocycles. The fourth-order valence-electron chi connectivity index (χ4n) is 2.88. The molecule has 0 spiro atoms. The largest absolute Gasteiger partial charge is 0.287 e. The van der Waals surface area contributed by atoms with Crippen molar-refractivity contribution in [3.8, 4) is 10.6 Å². The Kier molecular flexibility index (Phi) is 2.86. The van der Waals surface area contributed by atoms with Crippen LogP contribution in [0.4, 0.5) is 0 Å². The normalized spacial score (nSPS) is 13.0. The smallest absolute Gasteiger partial charge is 0.232 e. The van der Waals surface area contributed by atoms with Crippen LogP contribution in [0.5, 0.6) is 0 Å². The number of carbonyl (C=O) groups is 2. The van der Waals surface area contributed by atoms with Gasteiger partial charge in [0.25, 0.3) is 0 Å². The summed E-state index contributed by atoms with van der Waals surface area (Å²) in [6.07, 6.45) is 3.22. The summed E-state index contributed by atoms with van der Waals surface area (Å²) in [6.45, 7) is 0. The Labute approximate surface area is 145 Å². The van der Waals surface area contributed by atoms with Crippen molar-refractivity contribution in [2.45, 2.75) is 0 Å². The number of hydrogen-bond acceptors (Lipinski definition) is 7. The molecule has 1 aliphatic rings. The lowest BCUT2D eigenvalue weighted by Gasteiger charge is -2.15. The molecule has 0 N–H and O–H groups in total. The van der Waals surface area contributed by atoms with E-state index in [0.29, 0.717) is 11.0 Å². The number of rotatable bonds is 1. The Morgan fingerprint density at radius 3 is 2.48 bits per heavy atom. The van der Waals surface area contributed by atoms with Crippen molar-refractivity contribution in [2.75, 3.05) is 0 Å². The van der Waals surface area contributed by atoms with Gasteiger partial charge in [0, 0.05) is 23.3 Å². The van der Waals surface area contributed by atoms with Crippen LogP contribution in [0.3, 0.4) is 0 Å². The van der Waals surface area contributed by atoms with Crippen molar-refractivity contribution < 1.29 is 9.59 Å². The van der Waals surface area contributed by atoms with E-state index >= 15 is 0 Å². The summed E-state index contributed by atoms with van der Waals surface area (Å²) in [5.41, 5.74) is 2.54. The maximum atomic E-state index is 12.7. The Hall–Kier alpha value is -3.32. The molecule has 0 unspecified atom stereocenters.